The Labute approximate surface area is 114 Å². The lowest BCUT2D eigenvalue weighted by atomic mass is 10.3. The van der Waals surface area contributed by atoms with Crippen LogP contribution >= 0.6 is 15.9 Å². The van der Waals surface area contributed by atoms with Gasteiger partial charge in [-0.1, -0.05) is 0 Å². The van der Waals surface area contributed by atoms with Gasteiger partial charge in [-0.3, -0.25) is 0 Å². The van der Waals surface area contributed by atoms with Crippen LogP contribution in [0.15, 0.2) is 21.6 Å². The Kier molecular flexibility index (Phi) is 3.90. The number of hydrogen-bond donors (Lipinski definition) is 1. The Morgan fingerprint density at radius 1 is 1.61 bits per heavy atom. The van der Waals surface area contributed by atoms with Crippen LogP contribution in [0.3, 0.4) is 0 Å². The normalized spacial score (nSPS) is 20.5. The highest BCUT2D eigenvalue weighted by atomic mass is 79.9. The van der Waals surface area contributed by atoms with E-state index in [4.69, 9.17) is 10.5 Å². The van der Waals surface area contributed by atoms with Crippen LogP contribution in [-0.4, -0.2) is 44.0 Å². The summed E-state index contributed by atoms with van der Waals surface area (Å²) in [6, 6.07) is 1.32. The maximum atomic E-state index is 12.4. The number of ether oxygens (including phenoxy) is 1. The van der Waals surface area contributed by atoms with Gasteiger partial charge in [-0.2, -0.15) is 4.31 Å². The van der Waals surface area contributed by atoms with E-state index in [1.54, 1.807) is 0 Å². The van der Waals surface area contributed by atoms with Crippen molar-refractivity contribution in [2.75, 3.05) is 26.0 Å². The van der Waals surface area contributed by atoms with Gasteiger partial charge in [0.05, 0.1) is 12.6 Å². The summed E-state index contributed by atoms with van der Waals surface area (Å²) in [6.07, 6.45) is 2.16. The van der Waals surface area contributed by atoms with Crippen LogP contribution in [0.4, 0.5) is 5.82 Å². The Bertz CT molecular complexity index is 543. The number of anilines is 1. The summed E-state index contributed by atoms with van der Waals surface area (Å²) in [5.74, 6) is 0.00367. The van der Waals surface area contributed by atoms with Gasteiger partial charge < -0.3 is 10.5 Å². The largest absolute Gasteiger partial charge is 0.383 e. The summed E-state index contributed by atoms with van der Waals surface area (Å²) < 4.78 is 31.9. The first-order chi connectivity index (χ1) is 8.43. The summed E-state index contributed by atoms with van der Waals surface area (Å²) in [6.45, 7) is 0.994. The first kappa shape index (κ1) is 13.7. The molecule has 0 amide bonds. The molecular formula is C10H14BrN3O3S. The molecule has 1 aromatic rings. The summed E-state index contributed by atoms with van der Waals surface area (Å²) in [7, 11) is -2.10. The zero-order valence-electron chi connectivity index (χ0n) is 9.84. The maximum absolute atomic E-state index is 12.4. The van der Waals surface area contributed by atoms with Crippen molar-refractivity contribution in [2.45, 2.75) is 17.4 Å². The van der Waals surface area contributed by atoms with E-state index in [-0.39, 0.29) is 16.8 Å². The molecule has 8 heteroatoms. The Balaban J connectivity index is 2.37. The Morgan fingerprint density at radius 3 is 2.94 bits per heavy atom. The molecule has 0 aromatic carbocycles. The number of aromatic nitrogens is 1. The lowest BCUT2D eigenvalue weighted by Gasteiger charge is -2.23. The zero-order chi connectivity index (χ0) is 13.3. The van der Waals surface area contributed by atoms with Crippen LogP contribution in [0, 0.1) is 0 Å². The molecule has 1 unspecified atom stereocenters. The molecule has 0 saturated carbocycles. The molecule has 18 heavy (non-hydrogen) atoms. The average molecular weight is 336 g/mol. The molecule has 2 N–H and O–H groups in total. The number of pyridine rings is 1. The van der Waals surface area contributed by atoms with Crippen molar-refractivity contribution in [3.8, 4) is 0 Å². The van der Waals surface area contributed by atoms with Gasteiger partial charge in [0.25, 0.3) is 0 Å². The fourth-order valence-electron chi connectivity index (χ4n) is 1.80. The average Bonchev–Trinajstić information content (AvgIpc) is 2.84. The highest BCUT2D eigenvalue weighted by Crippen LogP contribution is 2.26. The third-order valence-corrected chi connectivity index (χ3v) is 5.30. The van der Waals surface area contributed by atoms with Gasteiger partial charge in [0.2, 0.25) is 10.0 Å². The minimum atomic E-state index is -3.64. The number of halogens is 1. The summed E-state index contributed by atoms with van der Waals surface area (Å²) >= 11 is 3.20. The molecule has 0 bridgehead atoms. The Morgan fingerprint density at radius 2 is 2.33 bits per heavy atom. The summed E-state index contributed by atoms with van der Waals surface area (Å²) in [5, 5.41) is 0. The summed E-state index contributed by atoms with van der Waals surface area (Å²) in [4.78, 5) is 3.87. The third-order valence-electron chi connectivity index (χ3n) is 2.93. The lowest BCUT2D eigenvalue weighted by molar-refractivity contribution is 0.181. The first-order valence-corrected chi connectivity index (χ1v) is 7.63. The van der Waals surface area contributed by atoms with Gasteiger partial charge in [0.15, 0.2) is 0 Å². The number of nitrogens with zero attached hydrogens (tertiary/aromatic N) is 2. The van der Waals surface area contributed by atoms with Crippen molar-refractivity contribution in [3.05, 3.63) is 16.7 Å². The van der Waals surface area contributed by atoms with E-state index in [1.165, 1.54) is 23.6 Å². The molecule has 2 heterocycles. The number of nitrogen functional groups attached to an aromatic ring is 1. The van der Waals surface area contributed by atoms with Gasteiger partial charge >= 0.3 is 0 Å². The van der Waals surface area contributed by atoms with E-state index >= 15 is 0 Å². The minimum absolute atomic E-state index is 0.00367. The van der Waals surface area contributed by atoms with E-state index < -0.39 is 10.0 Å². The molecular weight excluding hydrogens is 322 g/mol. The number of rotatable bonds is 3. The topological polar surface area (TPSA) is 85.5 Å². The molecule has 1 atom stereocenters. The number of nitrogens with two attached hydrogens (primary N) is 1. The highest BCUT2D eigenvalue weighted by molar-refractivity contribution is 9.10. The van der Waals surface area contributed by atoms with E-state index in [0.29, 0.717) is 24.1 Å². The van der Waals surface area contributed by atoms with Gasteiger partial charge in [0.1, 0.15) is 10.7 Å². The molecule has 0 aliphatic carbocycles. The van der Waals surface area contributed by atoms with Gasteiger partial charge in [-0.15, -0.1) is 0 Å². The predicted molar refractivity (Wildman–Crippen MR) is 70.5 cm³/mol. The standard InChI is InChI=1S/C10H14BrN3O3S/c1-14(8-2-3-17-6-8)18(15,16)9-4-7(11)5-13-10(9)12/h4-5,8H,2-3,6H2,1H3,(H2,12,13). The van der Waals surface area contributed by atoms with Crippen LogP contribution in [0.5, 0.6) is 0 Å². The van der Waals surface area contributed by atoms with E-state index in [9.17, 15) is 8.42 Å². The number of sulfonamides is 1. The van der Waals surface area contributed by atoms with E-state index in [2.05, 4.69) is 20.9 Å². The van der Waals surface area contributed by atoms with Gasteiger partial charge in [-0.05, 0) is 28.4 Å². The second kappa shape index (κ2) is 5.12. The van der Waals surface area contributed by atoms with Crippen molar-refractivity contribution in [1.82, 2.24) is 9.29 Å². The van der Waals surface area contributed by atoms with Crippen molar-refractivity contribution < 1.29 is 13.2 Å². The number of hydrogen-bond acceptors (Lipinski definition) is 5. The number of likely N-dealkylation sites (N-methyl/N-ethyl adjacent to an activating group) is 1. The van der Waals surface area contributed by atoms with Crippen LogP contribution in [0.1, 0.15) is 6.42 Å². The molecule has 0 radical (unpaired) electrons. The van der Waals surface area contributed by atoms with Crippen LogP contribution in [0.25, 0.3) is 0 Å². The van der Waals surface area contributed by atoms with E-state index in [1.807, 2.05) is 0 Å². The van der Waals surface area contributed by atoms with Crippen molar-refractivity contribution in [3.63, 3.8) is 0 Å². The van der Waals surface area contributed by atoms with Crippen molar-refractivity contribution in [2.24, 2.45) is 0 Å². The maximum Gasteiger partial charge on any atom is 0.246 e. The summed E-state index contributed by atoms with van der Waals surface area (Å²) in [5.41, 5.74) is 5.64. The first-order valence-electron chi connectivity index (χ1n) is 5.39. The fourth-order valence-corrected chi connectivity index (χ4v) is 3.74. The SMILES string of the molecule is CN(C1CCOC1)S(=O)(=O)c1cc(Br)cnc1N. The second-order valence-corrected chi connectivity index (χ2v) is 6.96. The third kappa shape index (κ3) is 2.51. The fraction of sp³-hybridized carbons (Fsp3) is 0.500. The molecule has 1 saturated heterocycles. The molecule has 6 nitrogen and oxygen atoms in total. The van der Waals surface area contributed by atoms with Gasteiger partial charge in [0, 0.05) is 24.3 Å². The van der Waals surface area contributed by atoms with E-state index in [0.717, 1.165) is 0 Å². The minimum Gasteiger partial charge on any atom is -0.383 e. The lowest BCUT2D eigenvalue weighted by Crippen LogP contribution is -2.37. The molecule has 2 rings (SSSR count). The molecule has 1 aliphatic rings. The molecule has 1 aliphatic heterocycles. The van der Waals surface area contributed by atoms with Crippen molar-refractivity contribution in [1.29, 1.82) is 0 Å². The molecule has 1 aromatic heterocycles. The van der Waals surface area contributed by atoms with Crippen LogP contribution in [0.2, 0.25) is 0 Å². The molecule has 100 valence electrons. The van der Waals surface area contributed by atoms with Crippen LogP contribution < -0.4 is 5.73 Å². The van der Waals surface area contributed by atoms with Crippen molar-refractivity contribution >= 4 is 31.8 Å². The second-order valence-electron chi connectivity index (χ2n) is 4.08. The van der Waals surface area contributed by atoms with Gasteiger partial charge in [-0.25, -0.2) is 13.4 Å². The quantitative estimate of drug-likeness (QED) is 0.884. The smallest absolute Gasteiger partial charge is 0.246 e. The zero-order valence-corrected chi connectivity index (χ0v) is 12.2. The molecule has 0 spiro atoms. The monoisotopic (exact) mass is 335 g/mol. The predicted octanol–water partition coefficient (Wildman–Crippen LogP) is 0.836. The van der Waals surface area contributed by atoms with Crippen LogP contribution in [-0.2, 0) is 14.8 Å². The Hall–Kier alpha value is -0.700. The highest BCUT2D eigenvalue weighted by Gasteiger charge is 2.32. The molecule has 1 fully saturated rings.